The third kappa shape index (κ3) is 5.31. The molecule has 0 unspecified atom stereocenters. The number of nitrogens with two attached hydrogens (primary N) is 1. The van der Waals surface area contributed by atoms with Gasteiger partial charge in [0.05, 0.1) is 0 Å². The van der Waals surface area contributed by atoms with E-state index in [9.17, 15) is 9.59 Å². The van der Waals surface area contributed by atoms with Crippen molar-refractivity contribution in [1.82, 2.24) is 4.90 Å². The molecule has 0 saturated heterocycles. The normalized spacial score (nSPS) is 9.50. The van der Waals surface area contributed by atoms with E-state index in [2.05, 4.69) is 6.58 Å². The van der Waals surface area contributed by atoms with Gasteiger partial charge >= 0.3 is 5.97 Å². The molecule has 1 amide bonds. The summed E-state index contributed by atoms with van der Waals surface area (Å²) in [6.07, 6.45) is 2.37. The molecule has 0 aromatic heterocycles. The van der Waals surface area contributed by atoms with Crippen LogP contribution in [0.2, 0.25) is 0 Å². The molecule has 0 atom stereocenters. The molecular formula is C9H16N2O3. The van der Waals surface area contributed by atoms with Crippen molar-refractivity contribution in [3.8, 4) is 0 Å². The Bertz CT molecular complexity index is 216. The molecule has 3 N–H and O–H groups in total. The van der Waals surface area contributed by atoms with Crippen molar-refractivity contribution in [3.63, 3.8) is 0 Å². The maximum absolute atomic E-state index is 11.4. The van der Waals surface area contributed by atoms with Crippen LogP contribution >= 0.6 is 0 Å². The van der Waals surface area contributed by atoms with Gasteiger partial charge in [-0.2, -0.15) is 0 Å². The zero-order valence-corrected chi connectivity index (χ0v) is 8.11. The number of aliphatic carboxylic acids is 1. The Morgan fingerprint density at radius 2 is 2.14 bits per heavy atom. The quantitative estimate of drug-likeness (QED) is 0.558. The monoisotopic (exact) mass is 200 g/mol. The van der Waals surface area contributed by atoms with E-state index in [-0.39, 0.29) is 25.4 Å². The lowest BCUT2D eigenvalue weighted by molar-refractivity contribution is -0.144. The Balaban J connectivity index is 4.10. The number of carboxylic acid groups (broad SMARTS) is 1. The van der Waals surface area contributed by atoms with Crippen molar-refractivity contribution in [2.75, 3.05) is 19.6 Å². The summed E-state index contributed by atoms with van der Waals surface area (Å²) in [5.74, 6) is -1.22. The number of carboxylic acids is 1. The van der Waals surface area contributed by atoms with Gasteiger partial charge in [0.2, 0.25) is 5.91 Å². The summed E-state index contributed by atoms with van der Waals surface area (Å²) in [7, 11) is 0. The Labute approximate surface area is 83.2 Å². The van der Waals surface area contributed by atoms with Crippen molar-refractivity contribution in [2.45, 2.75) is 12.8 Å². The molecule has 0 bridgehead atoms. The summed E-state index contributed by atoms with van der Waals surface area (Å²) < 4.78 is 0. The zero-order valence-electron chi connectivity index (χ0n) is 8.11. The SMILES string of the molecule is C=CCN(CC(=O)O)C(=O)CCCN. The van der Waals surface area contributed by atoms with E-state index in [1.807, 2.05) is 0 Å². The average Bonchev–Trinajstić information content (AvgIpc) is 2.13. The van der Waals surface area contributed by atoms with Crippen LogP contribution in [0.25, 0.3) is 0 Å². The molecule has 0 fully saturated rings. The summed E-state index contributed by atoms with van der Waals surface area (Å²) in [5.41, 5.74) is 5.24. The van der Waals surface area contributed by atoms with Crippen LogP contribution in [0.5, 0.6) is 0 Å². The van der Waals surface area contributed by atoms with E-state index in [4.69, 9.17) is 10.8 Å². The summed E-state index contributed by atoms with van der Waals surface area (Å²) in [6.45, 7) is 3.87. The molecule has 0 aromatic rings. The van der Waals surface area contributed by atoms with Gasteiger partial charge in [-0.25, -0.2) is 0 Å². The number of hydrogen-bond acceptors (Lipinski definition) is 3. The highest BCUT2D eigenvalue weighted by Crippen LogP contribution is 1.97. The molecule has 0 aliphatic rings. The van der Waals surface area contributed by atoms with Crippen molar-refractivity contribution in [2.24, 2.45) is 5.73 Å². The second kappa shape index (κ2) is 7.08. The minimum Gasteiger partial charge on any atom is -0.480 e. The third-order valence-electron chi connectivity index (χ3n) is 1.62. The minimum atomic E-state index is -1.02. The average molecular weight is 200 g/mol. The molecule has 0 aliphatic heterocycles. The van der Waals surface area contributed by atoms with Crippen molar-refractivity contribution >= 4 is 11.9 Å². The van der Waals surface area contributed by atoms with Crippen LogP contribution < -0.4 is 5.73 Å². The van der Waals surface area contributed by atoms with Gasteiger partial charge < -0.3 is 15.7 Å². The number of hydrogen-bond donors (Lipinski definition) is 2. The molecule has 0 spiro atoms. The fraction of sp³-hybridized carbons (Fsp3) is 0.556. The second-order valence-corrected chi connectivity index (χ2v) is 2.85. The van der Waals surface area contributed by atoms with E-state index >= 15 is 0 Å². The number of nitrogens with zero attached hydrogens (tertiary/aromatic N) is 1. The Hall–Kier alpha value is -1.36. The number of carbonyl (C=O) groups excluding carboxylic acids is 1. The highest BCUT2D eigenvalue weighted by Gasteiger charge is 2.14. The van der Waals surface area contributed by atoms with Gasteiger partial charge in [0.15, 0.2) is 0 Å². The molecular weight excluding hydrogens is 184 g/mol. The lowest BCUT2D eigenvalue weighted by Crippen LogP contribution is -2.35. The molecule has 0 aliphatic carbocycles. The van der Waals surface area contributed by atoms with Gasteiger partial charge in [-0.15, -0.1) is 6.58 Å². The molecule has 5 nitrogen and oxygen atoms in total. The molecule has 0 saturated carbocycles. The molecule has 0 aromatic carbocycles. The van der Waals surface area contributed by atoms with Crippen LogP contribution in [0.1, 0.15) is 12.8 Å². The molecule has 80 valence electrons. The predicted molar refractivity (Wildman–Crippen MR) is 52.7 cm³/mol. The van der Waals surface area contributed by atoms with Gasteiger partial charge in [-0.1, -0.05) is 6.08 Å². The first-order valence-corrected chi connectivity index (χ1v) is 4.42. The highest BCUT2D eigenvalue weighted by atomic mass is 16.4. The summed E-state index contributed by atoms with van der Waals surface area (Å²) in [5, 5.41) is 8.53. The number of rotatable bonds is 7. The third-order valence-corrected chi connectivity index (χ3v) is 1.62. The fourth-order valence-electron chi connectivity index (χ4n) is 0.985. The topological polar surface area (TPSA) is 83.6 Å². The predicted octanol–water partition coefficient (Wildman–Crippen LogP) is -0.175. The zero-order chi connectivity index (χ0) is 11.0. The lowest BCUT2D eigenvalue weighted by atomic mass is 10.2. The molecule has 14 heavy (non-hydrogen) atoms. The molecule has 0 heterocycles. The van der Waals surface area contributed by atoms with Gasteiger partial charge in [-0.05, 0) is 13.0 Å². The number of amides is 1. The Morgan fingerprint density at radius 3 is 2.57 bits per heavy atom. The second-order valence-electron chi connectivity index (χ2n) is 2.85. The van der Waals surface area contributed by atoms with E-state index < -0.39 is 5.97 Å². The van der Waals surface area contributed by atoms with Crippen LogP contribution in [-0.4, -0.2) is 41.5 Å². The van der Waals surface area contributed by atoms with Gasteiger partial charge in [-0.3, -0.25) is 9.59 Å². The van der Waals surface area contributed by atoms with Crippen molar-refractivity contribution < 1.29 is 14.7 Å². The van der Waals surface area contributed by atoms with E-state index in [0.717, 1.165) is 0 Å². The van der Waals surface area contributed by atoms with Crippen LogP contribution in [0.15, 0.2) is 12.7 Å². The summed E-state index contributed by atoms with van der Waals surface area (Å²) in [6, 6.07) is 0. The highest BCUT2D eigenvalue weighted by molar-refractivity contribution is 5.81. The van der Waals surface area contributed by atoms with E-state index in [0.29, 0.717) is 13.0 Å². The van der Waals surface area contributed by atoms with Crippen molar-refractivity contribution in [3.05, 3.63) is 12.7 Å². The van der Waals surface area contributed by atoms with Crippen molar-refractivity contribution in [1.29, 1.82) is 0 Å². The lowest BCUT2D eigenvalue weighted by Gasteiger charge is -2.18. The smallest absolute Gasteiger partial charge is 0.323 e. The maximum atomic E-state index is 11.4. The van der Waals surface area contributed by atoms with E-state index in [1.165, 1.54) is 11.0 Å². The van der Waals surface area contributed by atoms with Gasteiger partial charge in [0.1, 0.15) is 6.54 Å². The largest absolute Gasteiger partial charge is 0.480 e. The van der Waals surface area contributed by atoms with Crippen LogP contribution in [0, 0.1) is 0 Å². The molecule has 0 rings (SSSR count). The van der Waals surface area contributed by atoms with E-state index in [1.54, 1.807) is 0 Å². The van der Waals surface area contributed by atoms with Crippen LogP contribution in [0.3, 0.4) is 0 Å². The first kappa shape index (κ1) is 12.6. The molecule has 5 heteroatoms. The standard InChI is InChI=1S/C9H16N2O3/c1-2-6-11(7-9(13)14)8(12)4-3-5-10/h2H,1,3-7,10H2,(H,13,14). The summed E-state index contributed by atoms with van der Waals surface area (Å²) in [4.78, 5) is 23.0. The summed E-state index contributed by atoms with van der Waals surface area (Å²) >= 11 is 0. The van der Waals surface area contributed by atoms with Gasteiger partial charge in [0, 0.05) is 13.0 Å². The van der Waals surface area contributed by atoms with Crippen LogP contribution in [-0.2, 0) is 9.59 Å². The first-order chi connectivity index (χ1) is 6.61. The fourth-order valence-corrected chi connectivity index (χ4v) is 0.985. The maximum Gasteiger partial charge on any atom is 0.323 e. The van der Waals surface area contributed by atoms with Gasteiger partial charge in [0.25, 0.3) is 0 Å². The van der Waals surface area contributed by atoms with Crippen LogP contribution in [0.4, 0.5) is 0 Å². The number of carbonyl (C=O) groups is 2. The first-order valence-electron chi connectivity index (χ1n) is 4.42. The molecule has 0 radical (unpaired) electrons. The Morgan fingerprint density at radius 1 is 1.50 bits per heavy atom. The minimum absolute atomic E-state index is 0.197. The Kier molecular flexibility index (Phi) is 6.39.